The summed E-state index contributed by atoms with van der Waals surface area (Å²) in [4.78, 5) is 0. The van der Waals surface area contributed by atoms with Crippen molar-refractivity contribution in [3.8, 4) is 0 Å². The third kappa shape index (κ3) is 7.76. The molecule has 0 amide bonds. The van der Waals surface area contributed by atoms with Crippen LogP contribution in [0.5, 0.6) is 0 Å². The predicted octanol–water partition coefficient (Wildman–Crippen LogP) is 6.68. The molecule has 0 fully saturated rings. The second-order valence-electron chi connectivity index (χ2n) is 6.13. The van der Waals surface area contributed by atoms with Crippen LogP contribution in [-0.4, -0.2) is 0 Å². The van der Waals surface area contributed by atoms with Crippen LogP contribution >= 0.6 is 0 Å². The molecule has 0 heteroatoms. The van der Waals surface area contributed by atoms with E-state index in [1.807, 2.05) is 6.08 Å². The Balaban J connectivity index is 2.57. The Labute approximate surface area is 131 Å². The van der Waals surface area contributed by atoms with Crippen molar-refractivity contribution in [3.05, 3.63) is 58.6 Å². The Kier molecular flexibility index (Phi) is 8.60. The van der Waals surface area contributed by atoms with Crippen molar-refractivity contribution in [2.75, 3.05) is 0 Å². The van der Waals surface area contributed by atoms with E-state index in [0.717, 1.165) is 18.8 Å². The lowest BCUT2D eigenvalue weighted by Gasteiger charge is -2.11. The summed E-state index contributed by atoms with van der Waals surface area (Å²) in [5.74, 6) is 0.824. The van der Waals surface area contributed by atoms with Crippen molar-refractivity contribution in [2.45, 2.75) is 66.2 Å². The summed E-state index contributed by atoms with van der Waals surface area (Å²) in [6.07, 6.45) is 18.2. The van der Waals surface area contributed by atoms with Crippen LogP contribution in [-0.2, 0) is 0 Å². The summed E-state index contributed by atoms with van der Waals surface area (Å²) >= 11 is 0. The maximum atomic E-state index is 3.24. The smallest absolute Gasteiger partial charge is 0.00642 e. The Morgan fingerprint density at radius 1 is 1.29 bits per heavy atom. The zero-order valence-electron chi connectivity index (χ0n) is 14.2. The lowest BCUT2D eigenvalue weighted by Crippen LogP contribution is -1.95. The van der Waals surface area contributed by atoms with Gasteiger partial charge in [-0.25, -0.2) is 0 Å². The minimum absolute atomic E-state index is 0.824. The van der Waals surface area contributed by atoms with Gasteiger partial charge in [0.1, 0.15) is 0 Å². The minimum atomic E-state index is 0.824. The van der Waals surface area contributed by atoms with E-state index in [1.54, 1.807) is 0 Å². The predicted molar refractivity (Wildman–Crippen MR) is 94.3 cm³/mol. The summed E-state index contributed by atoms with van der Waals surface area (Å²) in [6.45, 7) is 8.89. The average molecular weight is 282 g/mol. The van der Waals surface area contributed by atoms with Gasteiger partial charge >= 0.3 is 0 Å². The maximum absolute atomic E-state index is 3.24. The standard InChI is InChI=1S/C21H30/c1-5-7-10-19(4)13-14-20-11-8-9-12-21(16-15-20)17-18(3)6-2/h6,8,11,15-16,19H,5,7,10,13-14,17H2,1-4H3. The molecule has 114 valence electrons. The minimum Gasteiger partial charge on any atom is -0.0884 e. The molecule has 0 N–H and O–H groups in total. The van der Waals surface area contributed by atoms with Gasteiger partial charge in [-0.15, -0.1) is 0 Å². The third-order valence-electron chi connectivity index (χ3n) is 4.05. The highest BCUT2D eigenvalue weighted by atomic mass is 14.1. The molecular weight excluding hydrogens is 252 g/mol. The second-order valence-corrected chi connectivity index (χ2v) is 6.13. The molecule has 0 saturated carbocycles. The summed E-state index contributed by atoms with van der Waals surface area (Å²) in [7, 11) is 0. The fourth-order valence-electron chi connectivity index (χ4n) is 2.37. The van der Waals surface area contributed by atoms with Crippen molar-refractivity contribution in [1.29, 1.82) is 0 Å². The van der Waals surface area contributed by atoms with Crippen LogP contribution in [0.3, 0.4) is 0 Å². The normalized spacial score (nSPS) is 16.3. The summed E-state index contributed by atoms with van der Waals surface area (Å²) in [5.41, 5.74) is 10.4. The Morgan fingerprint density at radius 2 is 2.10 bits per heavy atom. The molecule has 1 unspecified atom stereocenters. The molecule has 1 atom stereocenters. The van der Waals surface area contributed by atoms with Crippen LogP contribution in [0.4, 0.5) is 0 Å². The topological polar surface area (TPSA) is 0 Å². The van der Waals surface area contributed by atoms with Gasteiger partial charge in [0.2, 0.25) is 0 Å². The quantitative estimate of drug-likeness (QED) is 0.344. The van der Waals surface area contributed by atoms with Crippen LogP contribution < -0.4 is 0 Å². The molecule has 0 aromatic heterocycles. The van der Waals surface area contributed by atoms with Crippen LogP contribution in [0.2, 0.25) is 0 Å². The van der Waals surface area contributed by atoms with Crippen LogP contribution in [0.1, 0.15) is 66.2 Å². The third-order valence-corrected chi connectivity index (χ3v) is 4.05. The monoisotopic (exact) mass is 282 g/mol. The van der Waals surface area contributed by atoms with Crippen molar-refractivity contribution in [2.24, 2.45) is 5.92 Å². The molecule has 0 spiro atoms. The van der Waals surface area contributed by atoms with Crippen molar-refractivity contribution >= 4 is 0 Å². The summed E-state index contributed by atoms with van der Waals surface area (Å²) in [5, 5.41) is 0. The van der Waals surface area contributed by atoms with Crippen LogP contribution in [0, 0.1) is 5.92 Å². The first kappa shape index (κ1) is 17.6. The fraction of sp³-hybridized carbons (Fsp3) is 0.524. The lowest BCUT2D eigenvalue weighted by atomic mass is 9.95. The van der Waals surface area contributed by atoms with Crippen LogP contribution in [0.15, 0.2) is 58.6 Å². The van der Waals surface area contributed by atoms with E-state index in [4.69, 9.17) is 0 Å². The molecule has 0 aromatic rings. The molecule has 1 aliphatic carbocycles. The first-order valence-electron chi connectivity index (χ1n) is 8.35. The van der Waals surface area contributed by atoms with Gasteiger partial charge < -0.3 is 0 Å². The Morgan fingerprint density at radius 3 is 2.81 bits per heavy atom. The molecule has 1 aliphatic rings. The van der Waals surface area contributed by atoms with E-state index < -0.39 is 0 Å². The van der Waals surface area contributed by atoms with Gasteiger partial charge in [0, 0.05) is 12.0 Å². The van der Waals surface area contributed by atoms with Gasteiger partial charge in [-0.3, -0.25) is 0 Å². The molecule has 0 radical (unpaired) electrons. The first-order valence-corrected chi connectivity index (χ1v) is 8.35. The molecular formula is C21H30. The average Bonchev–Trinajstić information content (AvgIpc) is 2.47. The van der Waals surface area contributed by atoms with Gasteiger partial charge in [0.15, 0.2) is 0 Å². The molecule has 0 aromatic carbocycles. The van der Waals surface area contributed by atoms with Gasteiger partial charge in [-0.1, -0.05) is 74.4 Å². The molecule has 1 rings (SSSR count). The summed E-state index contributed by atoms with van der Waals surface area (Å²) in [6, 6.07) is 0. The highest BCUT2D eigenvalue weighted by Gasteiger charge is 2.03. The van der Waals surface area contributed by atoms with E-state index in [9.17, 15) is 0 Å². The zero-order valence-corrected chi connectivity index (χ0v) is 14.2. The number of unbranched alkanes of at least 4 members (excludes halogenated alkanes) is 1. The van der Waals surface area contributed by atoms with Gasteiger partial charge in [-0.05, 0) is 44.3 Å². The fourth-order valence-corrected chi connectivity index (χ4v) is 2.37. The van der Waals surface area contributed by atoms with Gasteiger partial charge in [0.05, 0.1) is 0 Å². The largest absolute Gasteiger partial charge is 0.0884 e. The Hall–Kier alpha value is -1.48. The van der Waals surface area contributed by atoms with E-state index in [0.29, 0.717) is 0 Å². The molecule has 0 aliphatic heterocycles. The van der Waals surface area contributed by atoms with Crippen molar-refractivity contribution in [3.63, 3.8) is 0 Å². The van der Waals surface area contributed by atoms with Gasteiger partial charge in [-0.2, -0.15) is 0 Å². The number of allylic oxidation sites excluding steroid dienone is 8. The number of rotatable bonds is 8. The van der Waals surface area contributed by atoms with E-state index in [2.05, 4.69) is 63.5 Å². The van der Waals surface area contributed by atoms with Crippen molar-refractivity contribution in [1.82, 2.24) is 0 Å². The van der Waals surface area contributed by atoms with E-state index in [1.165, 1.54) is 42.4 Å². The zero-order chi connectivity index (χ0) is 15.5. The van der Waals surface area contributed by atoms with E-state index in [-0.39, 0.29) is 0 Å². The maximum Gasteiger partial charge on any atom is 0.00642 e. The molecule has 0 bridgehead atoms. The van der Waals surface area contributed by atoms with E-state index >= 15 is 0 Å². The lowest BCUT2D eigenvalue weighted by molar-refractivity contribution is 0.472. The molecule has 0 nitrogen and oxygen atoms in total. The van der Waals surface area contributed by atoms with Crippen LogP contribution in [0.25, 0.3) is 0 Å². The first-order chi connectivity index (χ1) is 10.2. The second kappa shape index (κ2) is 10.3. The Bertz CT molecular complexity index is 498. The molecule has 0 saturated heterocycles. The summed E-state index contributed by atoms with van der Waals surface area (Å²) < 4.78 is 0. The number of hydrogen-bond donors (Lipinski definition) is 0. The molecule has 21 heavy (non-hydrogen) atoms. The highest BCUT2D eigenvalue weighted by Crippen LogP contribution is 2.20. The SMILES string of the molecule is CC=C(C)CC1=C=C=CC=C(CCC(C)CCCC)C=C1. The van der Waals surface area contributed by atoms with Crippen molar-refractivity contribution < 1.29 is 0 Å². The molecule has 0 heterocycles. The highest BCUT2D eigenvalue weighted by molar-refractivity contribution is 5.34. The number of hydrogen-bond acceptors (Lipinski definition) is 0. The van der Waals surface area contributed by atoms with Gasteiger partial charge in [0.25, 0.3) is 0 Å².